The van der Waals surface area contributed by atoms with Crippen LogP contribution in [-0.2, 0) is 16.3 Å². The van der Waals surface area contributed by atoms with E-state index in [9.17, 15) is 4.79 Å². The topological polar surface area (TPSA) is 91.2 Å². The second-order valence-electron chi connectivity index (χ2n) is 5.50. The number of nitrogens with one attached hydrogen (secondary N) is 1. The molecule has 0 aliphatic carbocycles. The van der Waals surface area contributed by atoms with Crippen LogP contribution in [0.2, 0.25) is 0 Å². The van der Waals surface area contributed by atoms with E-state index in [1.54, 1.807) is 0 Å². The van der Waals surface area contributed by atoms with Crippen molar-refractivity contribution in [1.82, 2.24) is 20.2 Å². The number of amides is 1. The second-order valence-corrected chi connectivity index (χ2v) is 5.50. The fraction of sp³-hybridized carbons (Fsp3) is 0.176. The summed E-state index contributed by atoms with van der Waals surface area (Å²) in [7, 11) is 1.53. The Morgan fingerprint density at radius 1 is 1.16 bits per heavy atom. The predicted octanol–water partition coefficient (Wildman–Crippen LogP) is 2.15. The van der Waals surface area contributed by atoms with Gasteiger partial charge in [-0.2, -0.15) is 0 Å². The molecule has 0 bridgehead atoms. The van der Waals surface area contributed by atoms with Gasteiger partial charge in [0, 0.05) is 18.2 Å². The number of aromatic nitrogens is 4. The molecule has 25 heavy (non-hydrogen) atoms. The lowest BCUT2D eigenvalue weighted by Gasteiger charge is -2.26. The summed E-state index contributed by atoms with van der Waals surface area (Å²) in [4.78, 5) is 14.2. The summed E-state index contributed by atoms with van der Waals surface area (Å²) >= 11 is 0. The number of carbonyl (C=O) groups is 1. The third-order valence-corrected chi connectivity index (χ3v) is 3.87. The van der Waals surface area contributed by atoms with Gasteiger partial charge in [0.25, 0.3) is 5.95 Å². The summed E-state index contributed by atoms with van der Waals surface area (Å²) in [6.07, 6.45) is 0. The Morgan fingerprint density at radius 3 is 2.44 bits per heavy atom. The molecule has 1 aromatic heterocycles. The van der Waals surface area contributed by atoms with E-state index in [4.69, 9.17) is 9.47 Å². The van der Waals surface area contributed by atoms with Crippen molar-refractivity contribution in [1.29, 1.82) is 0 Å². The molecule has 0 unspecified atom stereocenters. The summed E-state index contributed by atoms with van der Waals surface area (Å²) in [6, 6.07) is 15.0. The van der Waals surface area contributed by atoms with Crippen LogP contribution in [0.15, 0.2) is 48.5 Å². The number of anilines is 1. The Kier molecular flexibility index (Phi) is 3.87. The Hall–Kier alpha value is -3.26. The largest absolute Gasteiger partial charge is 0.457 e. The van der Waals surface area contributed by atoms with E-state index in [1.165, 1.54) is 11.9 Å². The molecule has 8 nitrogen and oxygen atoms in total. The average molecular weight is 337 g/mol. The van der Waals surface area contributed by atoms with Gasteiger partial charge in [-0.3, -0.25) is 10.1 Å². The summed E-state index contributed by atoms with van der Waals surface area (Å²) in [6.45, 7) is 0.159. The molecule has 8 heteroatoms. The SMILES string of the molecule is COCn1nnc(NC(=O)C2c3ccccc3Oc3ccccc32)n1. The molecule has 1 amide bonds. The Bertz CT molecular complexity index is 878. The molecule has 2 aromatic carbocycles. The summed E-state index contributed by atoms with van der Waals surface area (Å²) in [5.74, 6) is 0.689. The number of hydrogen-bond acceptors (Lipinski definition) is 6. The number of tetrazole rings is 1. The van der Waals surface area contributed by atoms with Crippen LogP contribution >= 0.6 is 0 Å². The van der Waals surface area contributed by atoms with Crippen molar-refractivity contribution in [2.75, 3.05) is 12.4 Å². The lowest BCUT2D eigenvalue weighted by atomic mass is 9.87. The first-order valence-corrected chi connectivity index (χ1v) is 7.69. The lowest BCUT2D eigenvalue weighted by Crippen LogP contribution is -2.25. The highest BCUT2D eigenvalue weighted by Crippen LogP contribution is 2.44. The number of carbonyl (C=O) groups excluding carboxylic acids is 1. The second kappa shape index (κ2) is 6.33. The van der Waals surface area contributed by atoms with Crippen LogP contribution < -0.4 is 10.1 Å². The van der Waals surface area contributed by atoms with Crippen LogP contribution in [-0.4, -0.2) is 33.2 Å². The summed E-state index contributed by atoms with van der Waals surface area (Å²) in [5, 5.41) is 14.4. The maximum Gasteiger partial charge on any atom is 0.270 e. The van der Waals surface area contributed by atoms with Crippen molar-refractivity contribution in [2.45, 2.75) is 12.6 Å². The Morgan fingerprint density at radius 2 is 1.80 bits per heavy atom. The van der Waals surface area contributed by atoms with Gasteiger partial charge in [0.15, 0.2) is 6.73 Å². The van der Waals surface area contributed by atoms with Crippen molar-refractivity contribution in [3.05, 3.63) is 59.7 Å². The number of methoxy groups -OCH3 is 1. The van der Waals surface area contributed by atoms with Crippen molar-refractivity contribution in [3.8, 4) is 11.5 Å². The van der Waals surface area contributed by atoms with Crippen molar-refractivity contribution in [3.63, 3.8) is 0 Å². The normalized spacial score (nSPS) is 12.8. The molecule has 0 saturated heterocycles. The van der Waals surface area contributed by atoms with Gasteiger partial charge in [-0.15, -0.1) is 9.90 Å². The number of para-hydroxylation sites is 2. The van der Waals surface area contributed by atoms with Crippen LogP contribution in [0.5, 0.6) is 11.5 Å². The highest BCUT2D eigenvalue weighted by molar-refractivity contribution is 5.98. The van der Waals surface area contributed by atoms with E-state index >= 15 is 0 Å². The Balaban J connectivity index is 1.67. The standard InChI is InChI=1S/C17H15N5O3/c1-24-10-22-20-17(19-21-22)18-16(23)15-11-6-2-4-8-13(11)25-14-9-5-3-7-12(14)15/h2-9,15H,10H2,1H3,(H,18,20,23). The molecule has 0 saturated carbocycles. The van der Waals surface area contributed by atoms with Crippen LogP contribution in [0.4, 0.5) is 5.95 Å². The van der Waals surface area contributed by atoms with E-state index < -0.39 is 5.92 Å². The predicted molar refractivity (Wildman–Crippen MR) is 88.3 cm³/mol. The molecule has 0 atom stereocenters. The van der Waals surface area contributed by atoms with Gasteiger partial charge in [0.05, 0.1) is 5.92 Å². The third kappa shape index (κ3) is 2.83. The zero-order chi connectivity index (χ0) is 17.2. The van der Waals surface area contributed by atoms with Crippen LogP contribution in [0.1, 0.15) is 17.0 Å². The fourth-order valence-electron chi connectivity index (χ4n) is 2.84. The molecule has 2 heterocycles. The van der Waals surface area contributed by atoms with E-state index in [1.807, 2.05) is 48.5 Å². The molecular weight excluding hydrogens is 322 g/mol. The summed E-state index contributed by atoms with van der Waals surface area (Å²) < 4.78 is 10.8. The van der Waals surface area contributed by atoms with Crippen LogP contribution in [0, 0.1) is 0 Å². The monoisotopic (exact) mass is 337 g/mol. The fourth-order valence-corrected chi connectivity index (χ4v) is 2.84. The highest BCUT2D eigenvalue weighted by Gasteiger charge is 2.32. The van der Waals surface area contributed by atoms with Gasteiger partial charge in [0.2, 0.25) is 5.91 Å². The first-order valence-electron chi connectivity index (χ1n) is 7.69. The van der Waals surface area contributed by atoms with Crippen LogP contribution in [0.3, 0.4) is 0 Å². The zero-order valence-corrected chi connectivity index (χ0v) is 13.4. The maximum atomic E-state index is 12.9. The number of benzene rings is 2. The molecule has 1 aliphatic rings. The molecular formula is C17H15N5O3. The average Bonchev–Trinajstić information content (AvgIpc) is 3.06. The third-order valence-electron chi connectivity index (χ3n) is 3.87. The smallest absolute Gasteiger partial charge is 0.270 e. The number of fused-ring (bicyclic) bond motifs is 2. The van der Waals surface area contributed by atoms with Gasteiger partial charge in [-0.05, 0) is 17.3 Å². The van der Waals surface area contributed by atoms with E-state index in [-0.39, 0.29) is 18.6 Å². The van der Waals surface area contributed by atoms with Crippen molar-refractivity contribution >= 4 is 11.9 Å². The molecule has 3 aromatic rings. The Labute approximate surface area is 143 Å². The highest BCUT2D eigenvalue weighted by atomic mass is 16.5. The van der Waals surface area contributed by atoms with E-state index in [0.29, 0.717) is 11.5 Å². The number of ether oxygens (including phenoxy) is 2. The quantitative estimate of drug-likeness (QED) is 0.784. The van der Waals surface area contributed by atoms with Gasteiger partial charge >= 0.3 is 0 Å². The van der Waals surface area contributed by atoms with E-state index in [2.05, 4.69) is 20.7 Å². The number of rotatable bonds is 4. The van der Waals surface area contributed by atoms with Gasteiger partial charge in [0.1, 0.15) is 11.5 Å². The first-order chi connectivity index (χ1) is 12.3. The molecule has 0 spiro atoms. The molecule has 1 N–H and O–H groups in total. The van der Waals surface area contributed by atoms with Gasteiger partial charge in [-0.1, -0.05) is 41.5 Å². The number of nitrogens with zero attached hydrogens (tertiary/aromatic N) is 4. The first kappa shape index (κ1) is 15.3. The van der Waals surface area contributed by atoms with Crippen molar-refractivity contribution in [2.24, 2.45) is 0 Å². The number of hydrogen-bond donors (Lipinski definition) is 1. The minimum atomic E-state index is -0.518. The molecule has 0 fully saturated rings. The molecule has 1 aliphatic heterocycles. The van der Waals surface area contributed by atoms with Gasteiger partial charge in [-0.25, -0.2) is 0 Å². The van der Waals surface area contributed by atoms with Gasteiger partial charge < -0.3 is 9.47 Å². The molecule has 4 rings (SSSR count). The summed E-state index contributed by atoms with van der Waals surface area (Å²) in [5.41, 5.74) is 1.59. The molecule has 0 radical (unpaired) electrons. The minimum Gasteiger partial charge on any atom is -0.457 e. The zero-order valence-electron chi connectivity index (χ0n) is 13.4. The van der Waals surface area contributed by atoms with E-state index in [0.717, 1.165) is 11.1 Å². The lowest BCUT2D eigenvalue weighted by molar-refractivity contribution is -0.116. The maximum absolute atomic E-state index is 12.9. The van der Waals surface area contributed by atoms with Crippen molar-refractivity contribution < 1.29 is 14.3 Å². The molecule has 126 valence electrons. The minimum absolute atomic E-state index is 0.128. The van der Waals surface area contributed by atoms with Crippen LogP contribution in [0.25, 0.3) is 0 Å².